The molecule has 118 valence electrons. The van der Waals surface area contributed by atoms with Crippen molar-refractivity contribution in [2.24, 2.45) is 0 Å². The number of nitrogens with zero attached hydrogens (tertiary/aromatic N) is 4. The fourth-order valence-corrected chi connectivity index (χ4v) is 2.32. The summed E-state index contributed by atoms with van der Waals surface area (Å²) in [4.78, 5) is 14.0. The highest BCUT2D eigenvalue weighted by atomic mass is 16.3. The van der Waals surface area contributed by atoms with Crippen LogP contribution in [0.5, 0.6) is 0 Å². The van der Waals surface area contributed by atoms with Crippen molar-refractivity contribution in [3.63, 3.8) is 0 Å². The molecule has 1 aromatic carbocycles. The van der Waals surface area contributed by atoms with Gasteiger partial charge in [-0.25, -0.2) is 4.68 Å². The summed E-state index contributed by atoms with van der Waals surface area (Å²) in [6.07, 6.45) is 1.67. The number of carbonyl (C=O) groups is 1. The first-order valence-corrected chi connectivity index (χ1v) is 7.36. The van der Waals surface area contributed by atoms with Gasteiger partial charge in [-0.3, -0.25) is 4.79 Å². The molecule has 0 saturated heterocycles. The topological polar surface area (TPSA) is 64.2 Å². The molecular weight excluding hydrogens is 292 g/mol. The molecule has 0 spiro atoms. The van der Waals surface area contributed by atoms with Crippen molar-refractivity contribution in [2.45, 2.75) is 20.0 Å². The van der Waals surface area contributed by atoms with E-state index in [2.05, 4.69) is 10.3 Å². The number of aryl methyl sites for hydroxylation is 1. The van der Waals surface area contributed by atoms with Crippen molar-refractivity contribution in [3.8, 4) is 0 Å². The Morgan fingerprint density at radius 2 is 2.00 bits per heavy atom. The smallest absolute Gasteiger partial charge is 0.276 e. The minimum absolute atomic E-state index is 0.182. The van der Waals surface area contributed by atoms with Crippen molar-refractivity contribution in [2.75, 3.05) is 7.05 Å². The molecule has 0 saturated carbocycles. The summed E-state index contributed by atoms with van der Waals surface area (Å²) in [5.41, 5.74) is 1.43. The van der Waals surface area contributed by atoms with Crippen LogP contribution in [0.1, 0.15) is 27.6 Å². The third kappa shape index (κ3) is 3.66. The lowest BCUT2D eigenvalue weighted by atomic mass is 10.2. The molecule has 0 radical (unpaired) electrons. The predicted molar refractivity (Wildman–Crippen MR) is 84.8 cm³/mol. The summed E-state index contributed by atoms with van der Waals surface area (Å²) in [5.74, 6) is 1.39. The summed E-state index contributed by atoms with van der Waals surface area (Å²) in [6, 6.07) is 13.7. The SMILES string of the molecule is Cc1ccc(CN(C)C(=O)c2cn(Cc3ccccc3)nn2)o1. The van der Waals surface area contributed by atoms with Gasteiger partial charge in [0.15, 0.2) is 5.69 Å². The molecule has 0 fully saturated rings. The average Bonchev–Trinajstić information content (AvgIpc) is 3.17. The summed E-state index contributed by atoms with van der Waals surface area (Å²) in [5, 5.41) is 7.99. The van der Waals surface area contributed by atoms with E-state index in [1.807, 2.05) is 49.4 Å². The first-order chi connectivity index (χ1) is 11.1. The van der Waals surface area contributed by atoms with Gasteiger partial charge in [-0.1, -0.05) is 35.5 Å². The molecule has 0 N–H and O–H groups in total. The molecule has 23 heavy (non-hydrogen) atoms. The third-order valence-corrected chi connectivity index (χ3v) is 3.48. The van der Waals surface area contributed by atoms with Crippen LogP contribution >= 0.6 is 0 Å². The van der Waals surface area contributed by atoms with Gasteiger partial charge >= 0.3 is 0 Å². The molecule has 0 bridgehead atoms. The van der Waals surface area contributed by atoms with Crippen molar-refractivity contribution in [1.29, 1.82) is 0 Å². The minimum Gasteiger partial charge on any atom is -0.464 e. The maximum Gasteiger partial charge on any atom is 0.276 e. The number of furan rings is 1. The Hall–Kier alpha value is -2.89. The van der Waals surface area contributed by atoms with Gasteiger partial charge < -0.3 is 9.32 Å². The molecule has 6 heteroatoms. The molecule has 0 atom stereocenters. The molecule has 2 heterocycles. The van der Waals surface area contributed by atoms with Crippen LogP contribution in [0.15, 0.2) is 53.1 Å². The summed E-state index contributed by atoms with van der Waals surface area (Å²) in [7, 11) is 1.72. The molecular formula is C17H18N4O2. The number of hydrogen-bond donors (Lipinski definition) is 0. The van der Waals surface area contributed by atoms with Crippen LogP contribution < -0.4 is 0 Å². The second kappa shape index (κ2) is 6.48. The zero-order valence-electron chi connectivity index (χ0n) is 13.1. The average molecular weight is 310 g/mol. The van der Waals surface area contributed by atoms with Crippen LogP contribution in [-0.2, 0) is 13.1 Å². The van der Waals surface area contributed by atoms with E-state index in [0.29, 0.717) is 18.8 Å². The number of benzene rings is 1. The lowest BCUT2D eigenvalue weighted by Crippen LogP contribution is -2.26. The van der Waals surface area contributed by atoms with Crippen LogP contribution in [0.4, 0.5) is 0 Å². The normalized spacial score (nSPS) is 10.7. The summed E-state index contributed by atoms with van der Waals surface area (Å²) in [6.45, 7) is 2.86. The van der Waals surface area contributed by atoms with Crippen molar-refractivity contribution in [3.05, 3.63) is 71.4 Å². The fraction of sp³-hybridized carbons (Fsp3) is 0.235. The zero-order valence-corrected chi connectivity index (χ0v) is 13.1. The van der Waals surface area contributed by atoms with Gasteiger partial charge in [-0.05, 0) is 24.6 Å². The summed E-state index contributed by atoms with van der Waals surface area (Å²) >= 11 is 0. The Morgan fingerprint density at radius 1 is 1.22 bits per heavy atom. The Bertz CT molecular complexity index is 792. The third-order valence-electron chi connectivity index (χ3n) is 3.48. The lowest BCUT2D eigenvalue weighted by Gasteiger charge is -2.13. The van der Waals surface area contributed by atoms with Crippen LogP contribution in [0.3, 0.4) is 0 Å². The second-order valence-corrected chi connectivity index (χ2v) is 5.46. The van der Waals surface area contributed by atoms with E-state index in [9.17, 15) is 4.79 Å². The van der Waals surface area contributed by atoms with E-state index in [0.717, 1.165) is 17.1 Å². The molecule has 0 aliphatic carbocycles. The largest absolute Gasteiger partial charge is 0.464 e. The molecule has 6 nitrogen and oxygen atoms in total. The monoisotopic (exact) mass is 310 g/mol. The maximum atomic E-state index is 12.4. The van der Waals surface area contributed by atoms with E-state index in [4.69, 9.17) is 4.42 Å². The maximum absolute atomic E-state index is 12.4. The van der Waals surface area contributed by atoms with Gasteiger partial charge in [0, 0.05) is 7.05 Å². The van der Waals surface area contributed by atoms with Gasteiger partial charge in [0.1, 0.15) is 11.5 Å². The fourth-order valence-electron chi connectivity index (χ4n) is 2.32. The van der Waals surface area contributed by atoms with E-state index in [-0.39, 0.29) is 5.91 Å². The van der Waals surface area contributed by atoms with Crippen LogP contribution in [-0.4, -0.2) is 32.8 Å². The summed E-state index contributed by atoms with van der Waals surface area (Å²) < 4.78 is 7.15. The molecule has 3 rings (SSSR count). The predicted octanol–water partition coefficient (Wildman–Crippen LogP) is 2.50. The highest BCUT2D eigenvalue weighted by molar-refractivity contribution is 5.91. The van der Waals surface area contributed by atoms with Gasteiger partial charge in [0.2, 0.25) is 0 Å². The Labute approximate surface area is 134 Å². The van der Waals surface area contributed by atoms with Crippen molar-refractivity contribution in [1.82, 2.24) is 19.9 Å². The van der Waals surface area contributed by atoms with Gasteiger partial charge in [0.05, 0.1) is 19.3 Å². The van der Waals surface area contributed by atoms with E-state index in [1.54, 1.807) is 22.8 Å². The van der Waals surface area contributed by atoms with Gasteiger partial charge in [-0.2, -0.15) is 0 Å². The zero-order chi connectivity index (χ0) is 16.2. The standard InChI is InChI=1S/C17H18N4O2/c1-13-8-9-15(23-13)11-20(2)17(22)16-12-21(19-18-16)10-14-6-4-3-5-7-14/h3-9,12H,10-11H2,1-2H3. The quantitative estimate of drug-likeness (QED) is 0.726. The highest BCUT2D eigenvalue weighted by Crippen LogP contribution is 2.10. The number of carbonyl (C=O) groups excluding carboxylic acids is 1. The van der Waals surface area contributed by atoms with E-state index < -0.39 is 0 Å². The number of aromatic nitrogens is 3. The molecule has 3 aromatic rings. The first kappa shape index (κ1) is 15.0. The minimum atomic E-state index is -0.182. The van der Waals surface area contributed by atoms with Gasteiger partial charge in [0.25, 0.3) is 5.91 Å². The van der Waals surface area contributed by atoms with Crippen molar-refractivity contribution < 1.29 is 9.21 Å². The van der Waals surface area contributed by atoms with Gasteiger partial charge in [-0.15, -0.1) is 5.10 Å². The lowest BCUT2D eigenvalue weighted by molar-refractivity contribution is 0.0769. The van der Waals surface area contributed by atoms with Crippen LogP contribution in [0.25, 0.3) is 0 Å². The highest BCUT2D eigenvalue weighted by Gasteiger charge is 2.17. The number of hydrogen-bond acceptors (Lipinski definition) is 4. The first-order valence-electron chi connectivity index (χ1n) is 7.36. The van der Waals surface area contributed by atoms with Crippen LogP contribution in [0.2, 0.25) is 0 Å². The molecule has 0 aliphatic rings. The molecule has 2 aromatic heterocycles. The van der Waals surface area contributed by atoms with E-state index in [1.165, 1.54) is 0 Å². The van der Waals surface area contributed by atoms with E-state index >= 15 is 0 Å². The second-order valence-electron chi connectivity index (χ2n) is 5.46. The molecule has 1 amide bonds. The molecule has 0 unspecified atom stereocenters. The number of amides is 1. The Kier molecular flexibility index (Phi) is 4.23. The molecule has 0 aliphatic heterocycles. The Morgan fingerprint density at radius 3 is 2.70 bits per heavy atom. The van der Waals surface area contributed by atoms with Crippen LogP contribution in [0, 0.1) is 6.92 Å². The Balaban J connectivity index is 1.65. The van der Waals surface area contributed by atoms with Crippen molar-refractivity contribution >= 4 is 5.91 Å². The number of rotatable bonds is 5.